The fourth-order valence-electron chi connectivity index (χ4n) is 0.656. The SMILES string of the molecule is O=C(O/C=N/OCl)N1CCC1. The summed E-state index contributed by atoms with van der Waals surface area (Å²) >= 11 is 4.71. The molecule has 0 radical (unpaired) electrons. The zero-order valence-corrected chi connectivity index (χ0v) is 6.45. The minimum Gasteiger partial charge on any atom is -0.395 e. The number of halogens is 1. The molecular weight excluding hydrogens is 172 g/mol. The van der Waals surface area contributed by atoms with Crippen molar-refractivity contribution in [2.75, 3.05) is 13.1 Å². The second kappa shape index (κ2) is 4.02. The van der Waals surface area contributed by atoms with Gasteiger partial charge in [0.05, 0.1) is 0 Å². The molecule has 1 aliphatic heterocycles. The summed E-state index contributed by atoms with van der Waals surface area (Å²) in [6, 6.07) is 0. The maximum Gasteiger partial charge on any atom is 0.416 e. The van der Waals surface area contributed by atoms with Crippen molar-refractivity contribution in [1.82, 2.24) is 4.90 Å². The third kappa shape index (κ3) is 2.27. The summed E-state index contributed by atoms with van der Waals surface area (Å²) in [5, 5.41) is 3.02. The van der Waals surface area contributed by atoms with E-state index in [2.05, 4.69) is 14.3 Å². The molecule has 0 N–H and O–H groups in total. The average molecular weight is 179 g/mol. The van der Waals surface area contributed by atoms with Gasteiger partial charge >= 0.3 is 6.09 Å². The van der Waals surface area contributed by atoms with Crippen LogP contribution in [0.3, 0.4) is 0 Å². The number of oxime groups is 1. The third-order valence-corrected chi connectivity index (χ3v) is 1.43. The van der Waals surface area contributed by atoms with Gasteiger partial charge in [0.2, 0.25) is 6.40 Å². The van der Waals surface area contributed by atoms with Crippen molar-refractivity contribution >= 4 is 24.4 Å². The van der Waals surface area contributed by atoms with Crippen LogP contribution in [-0.4, -0.2) is 30.5 Å². The molecule has 0 aromatic heterocycles. The van der Waals surface area contributed by atoms with Crippen molar-refractivity contribution in [3.63, 3.8) is 0 Å². The van der Waals surface area contributed by atoms with Gasteiger partial charge in [-0.25, -0.2) is 4.79 Å². The molecule has 1 amide bonds. The molecule has 1 fully saturated rings. The van der Waals surface area contributed by atoms with E-state index in [9.17, 15) is 4.79 Å². The molecule has 0 aromatic rings. The van der Waals surface area contributed by atoms with Gasteiger partial charge in [0.15, 0.2) is 11.9 Å². The summed E-state index contributed by atoms with van der Waals surface area (Å²) in [4.78, 5) is 12.4. The zero-order chi connectivity index (χ0) is 8.10. The normalized spacial score (nSPS) is 16.3. The molecular formula is C5H7ClN2O3. The van der Waals surface area contributed by atoms with E-state index >= 15 is 0 Å². The number of carbonyl (C=O) groups excluding carboxylic acids is 1. The highest BCUT2D eigenvalue weighted by molar-refractivity contribution is 6.07. The van der Waals surface area contributed by atoms with Gasteiger partial charge in [-0.1, -0.05) is 0 Å². The Morgan fingerprint density at radius 3 is 2.82 bits per heavy atom. The second-order valence-electron chi connectivity index (χ2n) is 2.00. The largest absolute Gasteiger partial charge is 0.416 e. The van der Waals surface area contributed by atoms with Crippen LogP contribution in [-0.2, 0) is 9.13 Å². The van der Waals surface area contributed by atoms with E-state index in [-0.39, 0.29) is 0 Å². The van der Waals surface area contributed by atoms with Crippen LogP contribution in [0.25, 0.3) is 0 Å². The first-order valence-corrected chi connectivity index (χ1v) is 3.40. The van der Waals surface area contributed by atoms with Crippen molar-refractivity contribution in [2.45, 2.75) is 6.42 Å². The highest BCUT2D eigenvalue weighted by Crippen LogP contribution is 2.06. The van der Waals surface area contributed by atoms with Crippen molar-refractivity contribution in [1.29, 1.82) is 0 Å². The van der Waals surface area contributed by atoms with E-state index in [0.717, 1.165) is 25.9 Å². The van der Waals surface area contributed by atoms with Gasteiger partial charge in [0.25, 0.3) is 0 Å². The average Bonchev–Trinajstić information content (AvgIpc) is 1.84. The number of amides is 1. The quantitative estimate of drug-likeness (QED) is 0.359. The Balaban J connectivity index is 2.15. The molecule has 6 heteroatoms. The van der Waals surface area contributed by atoms with E-state index in [0.29, 0.717) is 0 Å². The molecule has 0 spiro atoms. The molecule has 0 aromatic carbocycles. The number of hydrogen-bond acceptors (Lipinski definition) is 4. The predicted molar refractivity (Wildman–Crippen MR) is 38.1 cm³/mol. The fraction of sp³-hybridized carbons (Fsp3) is 0.600. The maximum atomic E-state index is 10.8. The number of hydrogen-bond donors (Lipinski definition) is 0. The van der Waals surface area contributed by atoms with Gasteiger partial charge in [-0.05, 0) is 11.6 Å². The maximum absolute atomic E-state index is 10.8. The summed E-state index contributed by atoms with van der Waals surface area (Å²) in [6.45, 7) is 1.49. The van der Waals surface area contributed by atoms with Crippen LogP contribution in [0, 0.1) is 0 Å². The number of likely N-dealkylation sites (tertiary alicyclic amines) is 1. The lowest BCUT2D eigenvalue weighted by Crippen LogP contribution is -2.42. The van der Waals surface area contributed by atoms with Gasteiger partial charge in [-0.2, -0.15) is 0 Å². The summed E-state index contributed by atoms with van der Waals surface area (Å²) in [7, 11) is 0. The number of nitrogens with zero attached hydrogens (tertiary/aromatic N) is 2. The summed E-state index contributed by atoms with van der Waals surface area (Å²) in [5.41, 5.74) is 0. The molecule has 62 valence electrons. The van der Waals surface area contributed by atoms with Crippen LogP contribution in [0.1, 0.15) is 6.42 Å². The van der Waals surface area contributed by atoms with Gasteiger partial charge in [-0.3, -0.25) is 4.39 Å². The van der Waals surface area contributed by atoms with Crippen LogP contribution in [0.15, 0.2) is 5.16 Å². The van der Waals surface area contributed by atoms with Crippen LogP contribution < -0.4 is 0 Å². The molecule has 5 nitrogen and oxygen atoms in total. The first-order valence-electron chi connectivity index (χ1n) is 3.10. The summed E-state index contributed by atoms with van der Waals surface area (Å²) in [5.74, 6) is 0. The Bertz CT molecular complexity index is 169. The smallest absolute Gasteiger partial charge is 0.395 e. The van der Waals surface area contributed by atoms with Gasteiger partial charge in [-0.15, -0.1) is 0 Å². The fourth-order valence-corrected chi connectivity index (χ4v) is 0.689. The Morgan fingerprint density at radius 1 is 1.64 bits per heavy atom. The molecule has 1 heterocycles. The van der Waals surface area contributed by atoms with E-state index in [1.807, 2.05) is 0 Å². The van der Waals surface area contributed by atoms with E-state index in [1.165, 1.54) is 0 Å². The highest BCUT2D eigenvalue weighted by atomic mass is 35.5. The lowest BCUT2D eigenvalue weighted by atomic mass is 10.2. The van der Waals surface area contributed by atoms with Crippen molar-refractivity contribution in [3.8, 4) is 0 Å². The van der Waals surface area contributed by atoms with Gasteiger partial charge in [0, 0.05) is 13.1 Å². The molecule has 0 bridgehead atoms. The first-order chi connectivity index (χ1) is 5.34. The Morgan fingerprint density at radius 2 is 2.36 bits per heavy atom. The monoisotopic (exact) mass is 178 g/mol. The summed E-state index contributed by atoms with van der Waals surface area (Å²) in [6.07, 6.45) is 1.46. The van der Waals surface area contributed by atoms with Crippen molar-refractivity contribution < 1.29 is 13.9 Å². The third-order valence-electron chi connectivity index (χ3n) is 1.35. The van der Waals surface area contributed by atoms with Crippen LogP contribution in [0.4, 0.5) is 4.79 Å². The Kier molecular flexibility index (Phi) is 2.97. The molecule has 1 saturated heterocycles. The Hall–Kier alpha value is -0.970. The zero-order valence-electron chi connectivity index (χ0n) is 5.70. The van der Waals surface area contributed by atoms with E-state index in [1.54, 1.807) is 4.90 Å². The second-order valence-corrected chi connectivity index (χ2v) is 2.14. The topological polar surface area (TPSA) is 51.1 Å². The number of rotatable bonds is 2. The molecule has 11 heavy (non-hydrogen) atoms. The minimum atomic E-state index is -0.422. The molecule has 0 atom stereocenters. The molecule has 0 unspecified atom stereocenters. The molecule has 0 saturated carbocycles. The van der Waals surface area contributed by atoms with Gasteiger partial charge < -0.3 is 9.64 Å². The van der Waals surface area contributed by atoms with Crippen LogP contribution in [0.5, 0.6) is 0 Å². The minimum absolute atomic E-state index is 0.422. The summed E-state index contributed by atoms with van der Waals surface area (Å²) < 4.78 is 8.24. The predicted octanol–water partition coefficient (Wildman–Crippen LogP) is 0.942. The number of carbonyl (C=O) groups is 1. The van der Waals surface area contributed by atoms with Crippen molar-refractivity contribution in [2.24, 2.45) is 5.16 Å². The number of ether oxygens (including phenoxy) is 1. The highest BCUT2D eigenvalue weighted by Gasteiger charge is 2.20. The molecule has 1 aliphatic rings. The first kappa shape index (κ1) is 8.13. The van der Waals surface area contributed by atoms with E-state index < -0.39 is 6.09 Å². The van der Waals surface area contributed by atoms with Crippen molar-refractivity contribution in [3.05, 3.63) is 0 Å². The van der Waals surface area contributed by atoms with Gasteiger partial charge in [0.1, 0.15) is 0 Å². The lowest BCUT2D eigenvalue weighted by molar-refractivity contribution is 0.122. The standard InChI is InChI=1S/C5H7ClN2O3/c6-11-7-4-10-5(9)8-2-1-3-8/h4H,1-3H2/b7-4+. The Labute approximate surface area is 68.7 Å². The molecule has 1 rings (SSSR count). The lowest BCUT2D eigenvalue weighted by Gasteiger charge is -2.28. The van der Waals surface area contributed by atoms with Crippen LogP contribution in [0.2, 0.25) is 0 Å². The van der Waals surface area contributed by atoms with E-state index in [4.69, 9.17) is 11.9 Å². The molecule has 0 aliphatic carbocycles. The van der Waals surface area contributed by atoms with Crippen LogP contribution >= 0.6 is 11.9 Å².